The van der Waals surface area contributed by atoms with E-state index in [0.29, 0.717) is 36.5 Å². The first-order valence-corrected chi connectivity index (χ1v) is 16.1. The number of halogens is 2. The van der Waals surface area contributed by atoms with Crippen molar-refractivity contribution in [2.45, 2.75) is 92.5 Å². The van der Waals surface area contributed by atoms with E-state index < -0.39 is 29.3 Å². The van der Waals surface area contributed by atoms with E-state index in [-0.39, 0.29) is 11.2 Å². The predicted octanol–water partition coefficient (Wildman–Crippen LogP) is 7.78. The van der Waals surface area contributed by atoms with Gasteiger partial charge in [0.1, 0.15) is 17.4 Å². The molecule has 0 saturated carbocycles. The van der Waals surface area contributed by atoms with Crippen molar-refractivity contribution in [1.82, 2.24) is 9.88 Å². The average molecular weight is 636 g/mol. The molecule has 2 aliphatic rings. The van der Waals surface area contributed by atoms with Crippen molar-refractivity contribution in [2.75, 3.05) is 31.6 Å². The Morgan fingerprint density at radius 2 is 1.74 bits per heavy atom. The molecular formula is C37H47F2N3O4. The second kappa shape index (κ2) is 12.9. The van der Waals surface area contributed by atoms with Crippen LogP contribution in [-0.4, -0.2) is 53.3 Å². The molecule has 1 N–H and O–H groups in total. The van der Waals surface area contributed by atoms with Crippen LogP contribution < -0.4 is 9.64 Å². The number of nitrogens with zero attached hydrogens (tertiary/aromatic N) is 3. The minimum atomic E-state index is -1.17. The van der Waals surface area contributed by atoms with Crippen LogP contribution >= 0.6 is 0 Å². The zero-order valence-corrected chi connectivity index (χ0v) is 28.4. The number of pyridine rings is 1. The summed E-state index contributed by atoms with van der Waals surface area (Å²) in [6.45, 7) is 17.3. The molecule has 5 rings (SSSR count). The fourth-order valence-electron chi connectivity index (χ4n) is 6.80. The molecule has 1 fully saturated rings. The van der Waals surface area contributed by atoms with Gasteiger partial charge in [0.2, 0.25) is 0 Å². The molecule has 7 nitrogen and oxygen atoms in total. The van der Waals surface area contributed by atoms with Crippen molar-refractivity contribution < 1.29 is 28.2 Å². The first-order chi connectivity index (χ1) is 21.6. The summed E-state index contributed by atoms with van der Waals surface area (Å²) in [4.78, 5) is 22.2. The third kappa shape index (κ3) is 7.20. The van der Waals surface area contributed by atoms with Gasteiger partial charge in [-0.2, -0.15) is 0 Å². The Morgan fingerprint density at radius 1 is 1.04 bits per heavy atom. The van der Waals surface area contributed by atoms with E-state index in [4.69, 9.17) is 14.5 Å². The van der Waals surface area contributed by atoms with Crippen LogP contribution in [0.5, 0.6) is 5.75 Å². The molecule has 0 amide bonds. The maximum Gasteiger partial charge on any atom is 0.337 e. The van der Waals surface area contributed by atoms with E-state index in [0.717, 1.165) is 66.5 Å². The van der Waals surface area contributed by atoms with E-state index in [1.165, 1.54) is 18.7 Å². The molecule has 3 heterocycles. The van der Waals surface area contributed by atoms with Gasteiger partial charge in [-0.15, -0.1) is 0 Å². The van der Waals surface area contributed by atoms with Crippen LogP contribution in [0.15, 0.2) is 30.3 Å². The molecule has 0 radical (unpaired) electrons. The molecule has 46 heavy (non-hydrogen) atoms. The highest BCUT2D eigenvalue weighted by atomic mass is 19.1. The van der Waals surface area contributed by atoms with Crippen LogP contribution in [0.3, 0.4) is 0 Å². The molecule has 9 heteroatoms. The van der Waals surface area contributed by atoms with Gasteiger partial charge in [0, 0.05) is 72.9 Å². The van der Waals surface area contributed by atoms with E-state index >= 15 is 0 Å². The van der Waals surface area contributed by atoms with Crippen molar-refractivity contribution in [3.8, 4) is 16.9 Å². The standard InChI is InChI=1S/C37H47F2N3O4/c1-22-31(25-9-10-26-20-41(14-11-24(26)17-25)21-28-29(39)18-27(38)19-30(28)45-8)33(42-15-12-37(6,7)13-16-42)32(23(2)40-22)34(35(43)44)46-36(3,4)5/h9-10,17-19,34H,11-16,20-21H2,1-8H3,(H,43,44). The monoisotopic (exact) mass is 635 g/mol. The SMILES string of the molecule is COc1cc(F)cc(F)c1CN1CCc2cc(-c3c(C)nc(C)c(C(OC(C)(C)C)C(=O)O)c3N3CCC(C)(C)CC3)ccc2C1. The molecule has 1 unspecified atom stereocenters. The highest BCUT2D eigenvalue weighted by Gasteiger charge is 2.36. The van der Waals surface area contributed by atoms with Crippen molar-refractivity contribution in [1.29, 1.82) is 0 Å². The van der Waals surface area contributed by atoms with E-state index in [9.17, 15) is 18.7 Å². The lowest BCUT2D eigenvalue weighted by Gasteiger charge is -2.41. The summed E-state index contributed by atoms with van der Waals surface area (Å²) >= 11 is 0. The second-order valence-electron chi connectivity index (χ2n) is 14.5. The zero-order chi connectivity index (χ0) is 33.6. The summed E-state index contributed by atoms with van der Waals surface area (Å²) in [5.74, 6) is -2.10. The number of aliphatic carboxylic acids is 1. The van der Waals surface area contributed by atoms with Gasteiger partial charge in [0.15, 0.2) is 6.10 Å². The largest absolute Gasteiger partial charge is 0.496 e. The lowest BCUT2D eigenvalue weighted by atomic mass is 9.81. The highest BCUT2D eigenvalue weighted by Crippen LogP contribution is 2.45. The molecule has 1 saturated heterocycles. The Kier molecular flexibility index (Phi) is 9.49. The third-order valence-corrected chi connectivity index (χ3v) is 9.28. The molecule has 2 aliphatic heterocycles. The molecule has 0 aliphatic carbocycles. The van der Waals surface area contributed by atoms with Gasteiger partial charge in [0.05, 0.1) is 18.4 Å². The number of rotatable bonds is 8. The molecule has 1 atom stereocenters. The highest BCUT2D eigenvalue weighted by molar-refractivity contribution is 5.88. The molecule has 0 bridgehead atoms. The topological polar surface area (TPSA) is 75.1 Å². The van der Waals surface area contributed by atoms with Crippen LogP contribution in [0.4, 0.5) is 14.5 Å². The molecular weight excluding hydrogens is 588 g/mol. The number of aryl methyl sites for hydroxylation is 2. The van der Waals surface area contributed by atoms with Crippen molar-refractivity contribution >= 4 is 11.7 Å². The fraction of sp³-hybridized carbons (Fsp3) is 0.514. The van der Waals surface area contributed by atoms with Crippen LogP contribution in [0, 0.1) is 30.9 Å². The summed E-state index contributed by atoms with van der Waals surface area (Å²) in [5, 5.41) is 10.5. The lowest BCUT2D eigenvalue weighted by Crippen LogP contribution is -2.39. The normalized spacial score (nSPS) is 17.5. The summed E-state index contributed by atoms with van der Waals surface area (Å²) in [5.41, 5.74) is 7.14. The maximum absolute atomic E-state index is 14.7. The molecule has 2 aromatic carbocycles. The Morgan fingerprint density at radius 3 is 2.37 bits per heavy atom. The summed E-state index contributed by atoms with van der Waals surface area (Å²) in [6, 6.07) is 8.51. The van der Waals surface area contributed by atoms with Gasteiger partial charge < -0.3 is 19.5 Å². The predicted molar refractivity (Wildman–Crippen MR) is 176 cm³/mol. The smallest absolute Gasteiger partial charge is 0.337 e. The average Bonchev–Trinajstić information content (AvgIpc) is 2.96. The maximum atomic E-state index is 14.7. The number of anilines is 1. The summed E-state index contributed by atoms with van der Waals surface area (Å²) in [7, 11) is 1.42. The van der Waals surface area contributed by atoms with Gasteiger partial charge in [0.25, 0.3) is 0 Å². The van der Waals surface area contributed by atoms with Gasteiger partial charge >= 0.3 is 5.97 Å². The number of carboxylic acid groups (broad SMARTS) is 1. The summed E-state index contributed by atoms with van der Waals surface area (Å²) < 4.78 is 40.0. The Labute approximate surface area is 271 Å². The first kappa shape index (κ1) is 33.8. The Hall–Kier alpha value is -3.56. The van der Waals surface area contributed by atoms with Gasteiger partial charge in [-0.25, -0.2) is 13.6 Å². The number of carboxylic acids is 1. The third-order valence-electron chi connectivity index (χ3n) is 9.28. The van der Waals surface area contributed by atoms with Crippen LogP contribution in [0.1, 0.15) is 87.2 Å². The van der Waals surface area contributed by atoms with Crippen LogP contribution in [0.25, 0.3) is 11.1 Å². The van der Waals surface area contributed by atoms with Crippen molar-refractivity contribution in [3.05, 3.63) is 75.6 Å². The minimum absolute atomic E-state index is 0.209. The molecule has 0 spiro atoms. The van der Waals surface area contributed by atoms with Gasteiger partial charge in [-0.1, -0.05) is 32.0 Å². The van der Waals surface area contributed by atoms with E-state index in [1.807, 2.05) is 34.6 Å². The second-order valence-corrected chi connectivity index (χ2v) is 14.5. The molecule has 1 aromatic heterocycles. The zero-order valence-electron chi connectivity index (χ0n) is 28.4. The number of methoxy groups -OCH3 is 1. The number of fused-ring (bicyclic) bond motifs is 1. The van der Waals surface area contributed by atoms with Crippen molar-refractivity contribution in [2.24, 2.45) is 5.41 Å². The van der Waals surface area contributed by atoms with E-state index in [1.54, 1.807) is 0 Å². The lowest BCUT2D eigenvalue weighted by molar-refractivity contribution is -0.160. The van der Waals surface area contributed by atoms with Gasteiger partial charge in [-0.3, -0.25) is 9.88 Å². The first-order valence-electron chi connectivity index (χ1n) is 16.1. The quantitative estimate of drug-likeness (QED) is 0.271. The number of piperidine rings is 1. The number of aromatic nitrogens is 1. The van der Waals surface area contributed by atoms with Gasteiger partial charge in [-0.05, 0) is 76.0 Å². The van der Waals surface area contributed by atoms with Crippen LogP contribution in [0.2, 0.25) is 0 Å². The number of ether oxygens (including phenoxy) is 2. The Balaban J connectivity index is 1.56. The number of carbonyl (C=O) groups is 1. The number of hydrogen-bond acceptors (Lipinski definition) is 6. The Bertz CT molecular complexity index is 1620. The van der Waals surface area contributed by atoms with Crippen LogP contribution in [-0.2, 0) is 29.0 Å². The molecule has 3 aromatic rings. The number of benzene rings is 2. The minimum Gasteiger partial charge on any atom is -0.496 e. The fourth-order valence-corrected chi connectivity index (χ4v) is 6.80. The summed E-state index contributed by atoms with van der Waals surface area (Å²) in [6.07, 6.45) is 1.55. The van der Waals surface area contributed by atoms with Crippen molar-refractivity contribution in [3.63, 3.8) is 0 Å². The molecule has 248 valence electrons. The van der Waals surface area contributed by atoms with E-state index in [2.05, 4.69) is 41.8 Å². The number of hydrogen-bond donors (Lipinski definition) is 1.